The van der Waals surface area contributed by atoms with Crippen molar-refractivity contribution in [3.8, 4) is 0 Å². The predicted molar refractivity (Wildman–Crippen MR) is 111 cm³/mol. The van der Waals surface area contributed by atoms with E-state index >= 15 is 0 Å². The number of amides is 1. The van der Waals surface area contributed by atoms with Crippen molar-refractivity contribution in [1.29, 1.82) is 0 Å². The molecular formula is C20H30ClFN2O2S. The molecule has 2 rings (SSSR count). The van der Waals surface area contributed by atoms with Crippen LogP contribution in [0.5, 0.6) is 0 Å². The second-order valence-corrected chi connectivity index (χ2v) is 8.80. The first-order valence-electron chi connectivity index (χ1n) is 9.62. The second kappa shape index (κ2) is 11.2. The first-order chi connectivity index (χ1) is 12.9. The summed E-state index contributed by atoms with van der Waals surface area (Å²) < 4.78 is 20.2. The molecule has 0 aromatic heterocycles. The summed E-state index contributed by atoms with van der Waals surface area (Å²) in [6, 6.07) is 4.40. The minimum atomic E-state index is -0.341. The molecule has 7 heteroatoms. The minimum Gasteiger partial charge on any atom is -0.376 e. The zero-order valence-electron chi connectivity index (χ0n) is 16.3. The maximum Gasteiger partial charge on any atom is 0.232 e. The zero-order chi connectivity index (χ0) is 19.8. The number of hydrogen-bond donors (Lipinski definition) is 1. The number of thioether (sulfide) groups is 1. The number of carbonyl (C=O) groups is 1. The van der Waals surface area contributed by atoms with Crippen LogP contribution in [0.3, 0.4) is 0 Å². The fourth-order valence-corrected chi connectivity index (χ4v) is 4.52. The van der Waals surface area contributed by atoms with Crippen molar-refractivity contribution in [2.24, 2.45) is 0 Å². The number of ether oxygens (including phenoxy) is 1. The van der Waals surface area contributed by atoms with Crippen molar-refractivity contribution in [1.82, 2.24) is 10.2 Å². The highest BCUT2D eigenvalue weighted by molar-refractivity contribution is 8.00. The van der Waals surface area contributed by atoms with Crippen LogP contribution in [-0.4, -0.2) is 54.2 Å². The van der Waals surface area contributed by atoms with E-state index in [0.717, 1.165) is 18.6 Å². The molecule has 1 fully saturated rings. The molecule has 1 heterocycles. The molecule has 1 aliphatic heterocycles. The highest BCUT2D eigenvalue weighted by Crippen LogP contribution is 2.31. The van der Waals surface area contributed by atoms with Gasteiger partial charge in [-0.2, -0.15) is 0 Å². The molecule has 0 aliphatic carbocycles. The van der Waals surface area contributed by atoms with E-state index in [1.807, 2.05) is 13.8 Å². The Morgan fingerprint density at radius 2 is 2.30 bits per heavy atom. The van der Waals surface area contributed by atoms with Crippen molar-refractivity contribution in [2.45, 2.75) is 51.0 Å². The highest BCUT2D eigenvalue weighted by Gasteiger charge is 2.30. The van der Waals surface area contributed by atoms with Gasteiger partial charge in [-0.1, -0.05) is 31.0 Å². The monoisotopic (exact) mass is 416 g/mol. The lowest BCUT2D eigenvalue weighted by Gasteiger charge is -2.38. The Labute approximate surface area is 171 Å². The molecule has 1 amide bonds. The number of nitrogens with one attached hydrogen (secondary N) is 1. The summed E-state index contributed by atoms with van der Waals surface area (Å²) in [6.07, 6.45) is 2.28. The summed E-state index contributed by atoms with van der Waals surface area (Å²) in [5.74, 6) is 0.607. The van der Waals surface area contributed by atoms with E-state index in [4.69, 9.17) is 16.3 Å². The summed E-state index contributed by atoms with van der Waals surface area (Å²) in [5.41, 5.74) is 0.444. The van der Waals surface area contributed by atoms with Gasteiger partial charge < -0.3 is 10.1 Å². The fraction of sp³-hybridized carbons (Fsp3) is 0.650. The van der Waals surface area contributed by atoms with Crippen LogP contribution >= 0.6 is 23.4 Å². The minimum absolute atomic E-state index is 0.0186. The molecule has 3 atom stereocenters. The van der Waals surface area contributed by atoms with Crippen molar-refractivity contribution in [2.75, 3.05) is 32.0 Å². The van der Waals surface area contributed by atoms with Crippen LogP contribution < -0.4 is 5.32 Å². The van der Waals surface area contributed by atoms with Crippen LogP contribution in [0.15, 0.2) is 18.2 Å². The molecule has 0 spiro atoms. The topological polar surface area (TPSA) is 41.6 Å². The van der Waals surface area contributed by atoms with Gasteiger partial charge >= 0.3 is 0 Å². The number of carbonyl (C=O) groups excluding carboxylic acids is 1. The third kappa shape index (κ3) is 6.63. The smallest absolute Gasteiger partial charge is 0.232 e. The normalized spacial score (nSPS) is 20.3. The number of hydrogen-bond acceptors (Lipinski definition) is 4. The Morgan fingerprint density at radius 3 is 2.96 bits per heavy atom. The largest absolute Gasteiger partial charge is 0.376 e. The first-order valence-corrected chi connectivity index (χ1v) is 11.1. The Kier molecular flexibility index (Phi) is 9.36. The SMILES string of the molecule is CCCCSC(C)C(=O)NCC(c1c(F)cccc1Cl)N1CCOC(C)C1. The summed E-state index contributed by atoms with van der Waals surface area (Å²) >= 11 is 7.98. The van der Waals surface area contributed by atoms with Crippen molar-refractivity contribution in [3.63, 3.8) is 0 Å². The van der Waals surface area contributed by atoms with Crippen LogP contribution in [-0.2, 0) is 9.53 Å². The summed E-state index contributed by atoms with van der Waals surface area (Å²) in [5, 5.41) is 3.27. The second-order valence-electron chi connectivity index (χ2n) is 6.94. The number of rotatable bonds is 9. The highest BCUT2D eigenvalue weighted by atomic mass is 35.5. The predicted octanol–water partition coefficient (Wildman–Crippen LogP) is 4.28. The van der Waals surface area contributed by atoms with E-state index in [9.17, 15) is 9.18 Å². The number of nitrogens with zero attached hydrogens (tertiary/aromatic N) is 1. The van der Waals surface area contributed by atoms with Gasteiger partial charge in [-0.3, -0.25) is 9.69 Å². The Balaban J connectivity index is 2.10. The Bertz CT molecular complexity index is 599. The van der Waals surface area contributed by atoms with E-state index in [1.54, 1.807) is 23.9 Å². The third-order valence-corrected chi connectivity index (χ3v) is 6.32. The number of benzene rings is 1. The van der Waals surface area contributed by atoms with Gasteiger partial charge in [0, 0.05) is 30.2 Å². The van der Waals surface area contributed by atoms with Crippen LogP contribution in [0.2, 0.25) is 5.02 Å². The Hall–Kier alpha value is -0.820. The molecule has 1 aliphatic rings. The van der Waals surface area contributed by atoms with Gasteiger partial charge in [-0.15, -0.1) is 11.8 Å². The quantitative estimate of drug-likeness (QED) is 0.610. The van der Waals surface area contributed by atoms with Gasteiger partial charge in [0.2, 0.25) is 5.91 Å². The average Bonchev–Trinajstić information content (AvgIpc) is 2.63. The number of unbranched alkanes of at least 4 members (excludes halogenated alkanes) is 1. The molecular weight excluding hydrogens is 387 g/mol. The van der Waals surface area contributed by atoms with E-state index in [-0.39, 0.29) is 29.1 Å². The number of halogens is 2. The molecule has 152 valence electrons. The van der Waals surface area contributed by atoms with Gasteiger partial charge in [0.05, 0.1) is 24.0 Å². The maximum atomic E-state index is 14.6. The molecule has 27 heavy (non-hydrogen) atoms. The van der Waals surface area contributed by atoms with E-state index in [0.29, 0.717) is 36.8 Å². The van der Waals surface area contributed by atoms with Crippen LogP contribution in [0.4, 0.5) is 4.39 Å². The molecule has 1 N–H and O–H groups in total. The van der Waals surface area contributed by atoms with E-state index < -0.39 is 0 Å². The molecule has 4 nitrogen and oxygen atoms in total. The van der Waals surface area contributed by atoms with Crippen molar-refractivity contribution < 1.29 is 13.9 Å². The lowest BCUT2D eigenvalue weighted by atomic mass is 10.0. The molecule has 3 unspecified atom stereocenters. The van der Waals surface area contributed by atoms with Gasteiger partial charge in [0.1, 0.15) is 5.82 Å². The zero-order valence-corrected chi connectivity index (χ0v) is 17.9. The molecule has 1 aromatic rings. The van der Waals surface area contributed by atoms with Gasteiger partial charge in [-0.05, 0) is 38.2 Å². The van der Waals surface area contributed by atoms with Crippen LogP contribution in [0, 0.1) is 5.82 Å². The van der Waals surface area contributed by atoms with E-state index in [1.165, 1.54) is 6.07 Å². The molecule has 0 bridgehead atoms. The molecule has 0 saturated carbocycles. The van der Waals surface area contributed by atoms with Crippen LogP contribution in [0.1, 0.15) is 45.2 Å². The molecule has 1 aromatic carbocycles. The molecule has 1 saturated heterocycles. The standard InChI is InChI=1S/C20H30ClFN2O2S/c1-4-5-11-27-15(3)20(25)23-12-18(24-9-10-26-14(2)13-24)19-16(21)7-6-8-17(19)22/h6-8,14-15,18H,4-5,9-13H2,1-3H3,(H,23,25). The van der Waals surface area contributed by atoms with E-state index in [2.05, 4.69) is 17.1 Å². The fourth-order valence-electron chi connectivity index (χ4n) is 3.19. The van der Waals surface area contributed by atoms with Crippen molar-refractivity contribution in [3.05, 3.63) is 34.6 Å². The average molecular weight is 417 g/mol. The summed E-state index contributed by atoms with van der Waals surface area (Å²) in [7, 11) is 0. The summed E-state index contributed by atoms with van der Waals surface area (Å²) in [4.78, 5) is 14.6. The van der Waals surface area contributed by atoms with Gasteiger partial charge in [0.15, 0.2) is 0 Å². The van der Waals surface area contributed by atoms with Gasteiger partial charge in [-0.25, -0.2) is 4.39 Å². The lowest BCUT2D eigenvalue weighted by molar-refractivity contribution is -0.120. The lowest BCUT2D eigenvalue weighted by Crippen LogP contribution is -2.47. The van der Waals surface area contributed by atoms with Crippen LogP contribution in [0.25, 0.3) is 0 Å². The molecule has 0 radical (unpaired) electrons. The van der Waals surface area contributed by atoms with Crippen molar-refractivity contribution >= 4 is 29.3 Å². The summed E-state index contributed by atoms with van der Waals surface area (Å²) in [6.45, 7) is 8.31. The first kappa shape index (κ1) is 22.5. The van der Waals surface area contributed by atoms with Gasteiger partial charge in [0.25, 0.3) is 0 Å². The third-order valence-electron chi connectivity index (χ3n) is 4.75. The maximum absolute atomic E-state index is 14.6. The number of morpholine rings is 1. The Morgan fingerprint density at radius 1 is 1.52 bits per heavy atom.